The van der Waals surface area contributed by atoms with Crippen LogP contribution in [0.4, 0.5) is 0 Å². The van der Waals surface area contributed by atoms with E-state index in [4.69, 9.17) is 18.6 Å². The normalized spacial score (nSPS) is 20.7. The Morgan fingerprint density at radius 2 is 1.42 bits per heavy atom. The van der Waals surface area contributed by atoms with Gasteiger partial charge in [0.15, 0.2) is 0 Å². The molecule has 53 heavy (non-hydrogen) atoms. The second kappa shape index (κ2) is 17.9. The van der Waals surface area contributed by atoms with Crippen LogP contribution >= 0.6 is 0 Å². The molecule has 3 aliphatic rings. The van der Waals surface area contributed by atoms with Crippen molar-refractivity contribution in [1.82, 2.24) is 4.31 Å². The SMILES string of the molecule is CCC[C@@H](CC#CCC#CCCCC12OCC(C)(CO1)CO2)N(CCO[Si](c1ccccc1)(c1ccccc1)C(C)(C)C)S(=O)(=O)c1ccc(C)cc1. The van der Waals surface area contributed by atoms with Gasteiger partial charge in [-0.3, -0.25) is 0 Å². The van der Waals surface area contributed by atoms with Crippen LogP contribution in [0.25, 0.3) is 0 Å². The van der Waals surface area contributed by atoms with Gasteiger partial charge in [0, 0.05) is 43.9 Å². The molecule has 0 amide bonds. The average molecular weight is 756 g/mol. The van der Waals surface area contributed by atoms with Crippen LogP contribution in [0.1, 0.15) is 85.1 Å². The van der Waals surface area contributed by atoms with Gasteiger partial charge in [-0.1, -0.05) is 131 Å². The van der Waals surface area contributed by atoms with E-state index in [1.165, 1.54) is 0 Å². The third kappa shape index (κ3) is 9.90. The molecule has 3 fully saturated rings. The summed E-state index contributed by atoms with van der Waals surface area (Å²) in [7, 11) is -6.72. The molecular formula is C44H57NO6SSi. The number of nitrogens with zero attached hydrogens (tertiary/aromatic N) is 1. The van der Waals surface area contributed by atoms with E-state index in [9.17, 15) is 8.42 Å². The van der Waals surface area contributed by atoms with E-state index in [1.54, 1.807) is 16.4 Å². The lowest BCUT2D eigenvalue weighted by atomic mass is 9.91. The number of benzene rings is 3. The number of aryl methyl sites for hydroxylation is 1. The van der Waals surface area contributed by atoms with E-state index in [-0.39, 0.29) is 34.5 Å². The van der Waals surface area contributed by atoms with E-state index in [0.717, 1.165) is 28.8 Å². The maximum Gasteiger partial charge on any atom is 0.282 e. The lowest BCUT2D eigenvalue weighted by Gasteiger charge is -2.50. The molecule has 0 aliphatic carbocycles. The summed E-state index contributed by atoms with van der Waals surface area (Å²) in [5.74, 6) is 11.9. The second-order valence-corrected chi connectivity index (χ2v) is 21.9. The zero-order chi connectivity index (χ0) is 38.0. The molecule has 6 rings (SSSR count). The van der Waals surface area contributed by atoms with Gasteiger partial charge >= 0.3 is 0 Å². The molecule has 284 valence electrons. The molecule has 0 N–H and O–H groups in total. The summed E-state index contributed by atoms with van der Waals surface area (Å²) in [6.45, 7) is 15.3. The molecule has 3 heterocycles. The lowest BCUT2D eigenvalue weighted by Crippen LogP contribution is -2.67. The molecule has 3 aliphatic heterocycles. The van der Waals surface area contributed by atoms with Crippen molar-refractivity contribution >= 4 is 28.7 Å². The summed E-state index contributed by atoms with van der Waals surface area (Å²) in [6.07, 6.45) is 4.48. The van der Waals surface area contributed by atoms with Gasteiger partial charge in [-0.05, 0) is 47.3 Å². The Balaban J connectivity index is 1.31. The number of ether oxygens (including phenoxy) is 3. The Morgan fingerprint density at radius 1 is 0.849 bits per heavy atom. The van der Waals surface area contributed by atoms with Gasteiger partial charge in [-0.25, -0.2) is 8.42 Å². The summed E-state index contributed by atoms with van der Waals surface area (Å²) in [5, 5.41) is 2.09. The fourth-order valence-corrected chi connectivity index (χ4v) is 13.4. The molecule has 0 aromatic heterocycles. The molecule has 0 radical (unpaired) electrons. The van der Waals surface area contributed by atoms with Crippen LogP contribution in [0.3, 0.4) is 0 Å². The van der Waals surface area contributed by atoms with Gasteiger partial charge < -0.3 is 18.6 Å². The van der Waals surface area contributed by atoms with Crippen molar-refractivity contribution in [2.45, 2.75) is 108 Å². The smallest absolute Gasteiger partial charge is 0.282 e. The summed E-state index contributed by atoms with van der Waals surface area (Å²) in [5.41, 5.74) is 0.962. The molecule has 0 saturated carbocycles. The first-order chi connectivity index (χ1) is 25.3. The summed E-state index contributed by atoms with van der Waals surface area (Å²) < 4.78 is 55.3. The first-order valence-corrected chi connectivity index (χ1v) is 22.4. The highest BCUT2D eigenvalue weighted by Gasteiger charge is 2.51. The molecular weight excluding hydrogens is 699 g/mol. The van der Waals surface area contributed by atoms with E-state index >= 15 is 0 Å². The number of fused-ring (bicyclic) bond motifs is 3. The Labute approximate surface area is 319 Å². The highest BCUT2D eigenvalue weighted by molar-refractivity contribution is 7.89. The van der Waals surface area contributed by atoms with Crippen LogP contribution in [0, 0.1) is 36.0 Å². The van der Waals surface area contributed by atoms with Crippen molar-refractivity contribution in [3.63, 3.8) is 0 Å². The molecule has 3 aromatic carbocycles. The van der Waals surface area contributed by atoms with E-state index in [1.807, 2.05) is 31.2 Å². The molecule has 3 aromatic rings. The molecule has 7 nitrogen and oxygen atoms in total. The Hall–Kier alpha value is -3.25. The van der Waals surface area contributed by atoms with Gasteiger partial charge in [-0.2, -0.15) is 4.31 Å². The highest BCUT2D eigenvalue weighted by Crippen LogP contribution is 2.40. The zero-order valence-corrected chi connectivity index (χ0v) is 34.3. The first kappa shape index (κ1) is 40.9. The van der Waals surface area contributed by atoms with Crippen LogP contribution in [-0.4, -0.2) is 66.0 Å². The van der Waals surface area contributed by atoms with Crippen molar-refractivity contribution in [3.8, 4) is 23.7 Å². The van der Waals surface area contributed by atoms with Crippen LogP contribution in [0.5, 0.6) is 0 Å². The van der Waals surface area contributed by atoms with Gasteiger partial charge in [0.1, 0.15) is 0 Å². The average Bonchev–Trinajstić information content (AvgIpc) is 3.15. The summed E-state index contributed by atoms with van der Waals surface area (Å²) in [6, 6.07) is 27.7. The summed E-state index contributed by atoms with van der Waals surface area (Å²) >= 11 is 0. The fourth-order valence-electron chi connectivity index (χ4n) is 7.24. The largest absolute Gasteiger partial charge is 0.406 e. The number of rotatable bonds is 15. The van der Waals surface area contributed by atoms with Gasteiger partial charge in [0.25, 0.3) is 14.3 Å². The minimum Gasteiger partial charge on any atom is -0.406 e. The van der Waals surface area contributed by atoms with Crippen molar-refractivity contribution < 1.29 is 27.1 Å². The zero-order valence-electron chi connectivity index (χ0n) is 32.5. The van der Waals surface area contributed by atoms with Crippen molar-refractivity contribution in [3.05, 3.63) is 90.5 Å². The Morgan fingerprint density at radius 3 is 1.96 bits per heavy atom. The highest BCUT2D eigenvalue weighted by atomic mass is 32.2. The maximum absolute atomic E-state index is 14.4. The Bertz CT molecular complexity index is 1790. The number of sulfonamides is 1. The van der Waals surface area contributed by atoms with Crippen LogP contribution in [0.2, 0.25) is 5.04 Å². The third-order valence-corrected chi connectivity index (χ3v) is 17.2. The second-order valence-electron chi connectivity index (χ2n) is 15.7. The molecule has 9 heteroatoms. The number of hydrogen-bond donors (Lipinski definition) is 0. The van der Waals surface area contributed by atoms with E-state index in [0.29, 0.717) is 51.9 Å². The minimum atomic E-state index is -3.85. The van der Waals surface area contributed by atoms with Crippen LogP contribution in [0.15, 0.2) is 89.8 Å². The van der Waals surface area contributed by atoms with Crippen molar-refractivity contribution in [2.75, 3.05) is 33.0 Å². The van der Waals surface area contributed by atoms with Crippen molar-refractivity contribution in [1.29, 1.82) is 0 Å². The first-order valence-electron chi connectivity index (χ1n) is 19.0. The van der Waals surface area contributed by atoms with Gasteiger partial charge in [0.05, 0.1) is 31.1 Å². The summed E-state index contributed by atoms with van der Waals surface area (Å²) in [4.78, 5) is 0.282. The monoisotopic (exact) mass is 755 g/mol. The number of hydrogen-bond acceptors (Lipinski definition) is 6. The van der Waals surface area contributed by atoms with E-state index in [2.05, 4.69) is 107 Å². The fraction of sp³-hybridized carbons (Fsp3) is 0.500. The third-order valence-electron chi connectivity index (χ3n) is 10.2. The molecule has 0 unspecified atom stereocenters. The lowest BCUT2D eigenvalue weighted by molar-refractivity contribution is -0.467. The van der Waals surface area contributed by atoms with Gasteiger partial charge in [-0.15, -0.1) is 11.8 Å². The minimum absolute atomic E-state index is 0.0452. The Kier molecular flexibility index (Phi) is 13.8. The maximum atomic E-state index is 14.4. The van der Waals surface area contributed by atoms with E-state index < -0.39 is 24.3 Å². The number of unbranched alkanes of at least 4 members (excludes halogenated alkanes) is 1. The quantitative estimate of drug-likeness (QED) is 0.0914. The molecule has 0 spiro atoms. The van der Waals surface area contributed by atoms with Crippen LogP contribution in [-0.2, 0) is 28.7 Å². The predicted molar refractivity (Wildman–Crippen MR) is 215 cm³/mol. The molecule has 2 bridgehead atoms. The topological polar surface area (TPSA) is 74.3 Å². The van der Waals surface area contributed by atoms with Gasteiger partial charge in [0.2, 0.25) is 10.0 Å². The molecule has 3 saturated heterocycles. The van der Waals surface area contributed by atoms with Crippen molar-refractivity contribution in [2.24, 2.45) is 5.41 Å². The standard InChI is InChI=1S/C44H57NO6SSi/c1-7-21-38(22-15-11-9-8-10-12-20-31-44-48-34-43(6,35-49-44)36-50-44)45(52(46,47)39-29-27-37(2)28-30-39)32-33-51-53(42(3,4)5,40-23-16-13-17-24-40)41-25-18-14-19-26-41/h13-14,16-19,23-30,38H,7,9,12,20-22,31-36H2,1-6H3/t38-,43?,44?/m0/s1. The van der Waals surface area contributed by atoms with Crippen LogP contribution < -0.4 is 10.4 Å². The molecule has 1 atom stereocenters. The predicted octanol–water partition coefficient (Wildman–Crippen LogP) is 7.43.